The minimum atomic E-state index is -1.01. The highest BCUT2D eigenvalue weighted by Crippen LogP contribution is 2.27. The van der Waals surface area contributed by atoms with Gasteiger partial charge in [0, 0.05) is 11.8 Å². The molecule has 0 amide bonds. The number of hydrogen-bond acceptors (Lipinski definition) is 4. The Kier molecular flexibility index (Phi) is 4.28. The molecule has 0 radical (unpaired) electrons. The summed E-state index contributed by atoms with van der Waals surface area (Å²) in [4.78, 5) is 20.8. The molecule has 0 aliphatic heterocycles. The maximum absolute atomic E-state index is 10.8. The van der Waals surface area contributed by atoms with Crippen molar-refractivity contribution in [2.45, 2.75) is 19.4 Å². The first kappa shape index (κ1) is 13.2. The zero-order valence-electron chi connectivity index (χ0n) is 9.01. The predicted molar refractivity (Wildman–Crippen MR) is 63.4 cm³/mol. The van der Waals surface area contributed by atoms with E-state index in [0.29, 0.717) is 12.1 Å². The molecule has 1 unspecified atom stereocenters. The van der Waals surface area contributed by atoms with Gasteiger partial charge in [0.2, 0.25) is 0 Å². The van der Waals surface area contributed by atoms with Gasteiger partial charge in [-0.25, -0.2) is 4.79 Å². The fourth-order valence-electron chi connectivity index (χ4n) is 1.28. The molecule has 0 spiro atoms. The lowest BCUT2D eigenvalue weighted by molar-refractivity contribution is -0.384. The average Bonchev–Trinajstić information content (AvgIpc) is 2.27. The number of halogens is 1. The van der Waals surface area contributed by atoms with Crippen LogP contribution in [0.2, 0.25) is 5.02 Å². The highest BCUT2D eigenvalue weighted by molar-refractivity contribution is 6.32. The van der Waals surface area contributed by atoms with Gasteiger partial charge in [0.15, 0.2) is 0 Å². The van der Waals surface area contributed by atoms with Gasteiger partial charge in [-0.3, -0.25) is 10.1 Å². The van der Waals surface area contributed by atoms with Crippen molar-refractivity contribution in [3.8, 4) is 0 Å². The summed E-state index contributed by atoms with van der Waals surface area (Å²) in [5.74, 6) is -1.01. The van der Waals surface area contributed by atoms with Crippen molar-refractivity contribution in [1.82, 2.24) is 0 Å². The Morgan fingerprint density at radius 3 is 2.76 bits per heavy atom. The molecule has 17 heavy (non-hydrogen) atoms. The van der Waals surface area contributed by atoms with Crippen molar-refractivity contribution >= 4 is 28.9 Å². The summed E-state index contributed by atoms with van der Waals surface area (Å²) >= 11 is 5.64. The highest BCUT2D eigenvalue weighted by Gasteiger charge is 2.17. The Hall–Kier alpha value is -1.82. The topological polar surface area (TPSA) is 92.5 Å². The third kappa shape index (κ3) is 3.32. The van der Waals surface area contributed by atoms with Crippen LogP contribution in [0.5, 0.6) is 0 Å². The van der Waals surface area contributed by atoms with Crippen LogP contribution in [-0.2, 0) is 4.79 Å². The van der Waals surface area contributed by atoms with Crippen molar-refractivity contribution in [2.24, 2.45) is 0 Å². The van der Waals surface area contributed by atoms with Crippen LogP contribution >= 0.6 is 11.6 Å². The minimum Gasteiger partial charge on any atom is -0.480 e. The van der Waals surface area contributed by atoms with E-state index in [0.717, 1.165) is 0 Å². The molecule has 0 saturated carbocycles. The molecule has 0 aliphatic carbocycles. The van der Waals surface area contributed by atoms with Gasteiger partial charge in [0.1, 0.15) is 11.1 Å². The fraction of sp³-hybridized carbons (Fsp3) is 0.300. The van der Waals surface area contributed by atoms with Gasteiger partial charge in [0.05, 0.1) is 4.92 Å². The molecular formula is C10H11ClN2O4. The maximum Gasteiger partial charge on any atom is 0.326 e. The summed E-state index contributed by atoms with van der Waals surface area (Å²) in [7, 11) is 0. The SMILES string of the molecule is CCC(Nc1ccc(Cl)c([N+](=O)[O-])c1)C(=O)O. The molecule has 1 aromatic rings. The number of carboxylic acid groups (broad SMARTS) is 1. The van der Waals surface area contributed by atoms with Crippen LogP contribution in [0.1, 0.15) is 13.3 Å². The number of carbonyl (C=O) groups is 1. The molecule has 0 aromatic heterocycles. The molecule has 92 valence electrons. The molecule has 0 bridgehead atoms. The first-order valence-corrected chi connectivity index (χ1v) is 5.26. The van der Waals surface area contributed by atoms with Gasteiger partial charge in [-0.15, -0.1) is 0 Å². The van der Waals surface area contributed by atoms with E-state index in [-0.39, 0.29) is 10.7 Å². The number of benzene rings is 1. The van der Waals surface area contributed by atoms with Crippen LogP contribution in [0, 0.1) is 10.1 Å². The zero-order chi connectivity index (χ0) is 13.0. The second kappa shape index (κ2) is 5.49. The second-order valence-electron chi connectivity index (χ2n) is 3.37. The quantitative estimate of drug-likeness (QED) is 0.625. The Morgan fingerprint density at radius 2 is 2.29 bits per heavy atom. The summed E-state index contributed by atoms with van der Waals surface area (Å²) in [6.07, 6.45) is 0.367. The standard InChI is InChI=1S/C10H11ClN2O4/c1-2-8(10(14)15)12-6-3-4-7(11)9(5-6)13(16)17/h3-5,8,12H,2H2,1H3,(H,14,15). The van der Waals surface area contributed by atoms with Crippen molar-refractivity contribution in [3.63, 3.8) is 0 Å². The van der Waals surface area contributed by atoms with Gasteiger partial charge in [-0.1, -0.05) is 18.5 Å². The van der Waals surface area contributed by atoms with Crippen LogP contribution in [0.25, 0.3) is 0 Å². The van der Waals surface area contributed by atoms with Gasteiger partial charge >= 0.3 is 5.97 Å². The van der Waals surface area contributed by atoms with E-state index in [2.05, 4.69) is 5.32 Å². The molecular weight excluding hydrogens is 248 g/mol. The number of nitro groups is 1. The van der Waals surface area contributed by atoms with Crippen LogP contribution < -0.4 is 5.32 Å². The van der Waals surface area contributed by atoms with E-state index in [1.165, 1.54) is 18.2 Å². The molecule has 7 heteroatoms. The van der Waals surface area contributed by atoms with Crippen molar-refractivity contribution in [2.75, 3.05) is 5.32 Å². The molecule has 0 saturated heterocycles. The van der Waals surface area contributed by atoms with E-state index >= 15 is 0 Å². The Morgan fingerprint density at radius 1 is 1.65 bits per heavy atom. The average molecular weight is 259 g/mol. The number of aliphatic carboxylic acids is 1. The normalized spacial score (nSPS) is 11.9. The largest absolute Gasteiger partial charge is 0.480 e. The van der Waals surface area contributed by atoms with Crippen LogP contribution in [0.3, 0.4) is 0 Å². The number of nitrogens with one attached hydrogen (secondary N) is 1. The Bertz CT molecular complexity index is 450. The molecule has 0 fully saturated rings. The summed E-state index contributed by atoms with van der Waals surface area (Å²) < 4.78 is 0. The van der Waals surface area contributed by atoms with Crippen molar-refractivity contribution < 1.29 is 14.8 Å². The van der Waals surface area contributed by atoms with Gasteiger partial charge in [-0.05, 0) is 18.6 Å². The van der Waals surface area contributed by atoms with E-state index in [4.69, 9.17) is 16.7 Å². The molecule has 2 N–H and O–H groups in total. The van der Waals surface area contributed by atoms with Crippen molar-refractivity contribution in [3.05, 3.63) is 33.3 Å². The van der Waals surface area contributed by atoms with Gasteiger partial charge in [-0.2, -0.15) is 0 Å². The number of nitrogens with zero attached hydrogens (tertiary/aromatic N) is 1. The number of carboxylic acids is 1. The Balaban J connectivity index is 2.96. The van der Waals surface area contributed by atoms with Crippen LogP contribution in [-0.4, -0.2) is 22.0 Å². The molecule has 1 atom stereocenters. The lowest BCUT2D eigenvalue weighted by Crippen LogP contribution is -2.28. The molecule has 0 heterocycles. The smallest absolute Gasteiger partial charge is 0.326 e. The monoisotopic (exact) mass is 258 g/mol. The summed E-state index contributed by atoms with van der Waals surface area (Å²) in [6.45, 7) is 1.70. The first-order valence-electron chi connectivity index (χ1n) is 4.89. The Labute approximate surface area is 102 Å². The summed E-state index contributed by atoms with van der Waals surface area (Å²) in [6, 6.07) is 3.29. The maximum atomic E-state index is 10.8. The van der Waals surface area contributed by atoms with E-state index in [1.54, 1.807) is 6.92 Å². The minimum absolute atomic E-state index is 0.0175. The number of anilines is 1. The molecule has 1 rings (SSSR count). The van der Waals surface area contributed by atoms with Crippen LogP contribution in [0.4, 0.5) is 11.4 Å². The zero-order valence-corrected chi connectivity index (χ0v) is 9.77. The summed E-state index contributed by atoms with van der Waals surface area (Å²) in [5, 5.41) is 22.2. The second-order valence-corrected chi connectivity index (χ2v) is 3.77. The van der Waals surface area contributed by atoms with E-state index < -0.39 is 16.9 Å². The molecule has 6 nitrogen and oxygen atoms in total. The number of rotatable bonds is 5. The third-order valence-corrected chi connectivity index (χ3v) is 2.51. The predicted octanol–water partition coefficient (Wildman–Crippen LogP) is 2.52. The fourth-order valence-corrected chi connectivity index (χ4v) is 1.47. The highest BCUT2D eigenvalue weighted by atomic mass is 35.5. The number of nitro benzene ring substituents is 1. The van der Waals surface area contributed by atoms with Gasteiger partial charge in [0.25, 0.3) is 5.69 Å². The van der Waals surface area contributed by atoms with Crippen LogP contribution in [0.15, 0.2) is 18.2 Å². The lowest BCUT2D eigenvalue weighted by Gasteiger charge is -2.13. The molecule has 1 aromatic carbocycles. The molecule has 0 aliphatic rings. The number of hydrogen-bond donors (Lipinski definition) is 2. The van der Waals surface area contributed by atoms with E-state index in [1.807, 2.05) is 0 Å². The van der Waals surface area contributed by atoms with E-state index in [9.17, 15) is 14.9 Å². The summed E-state index contributed by atoms with van der Waals surface area (Å²) in [5.41, 5.74) is 0.104. The third-order valence-electron chi connectivity index (χ3n) is 2.19. The van der Waals surface area contributed by atoms with Crippen molar-refractivity contribution in [1.29, 1.82) is 0 Å². The first-order chi connectivity index (χ1) is 7.95. The lowest BCUT2D eigenvalue weighted by atomic mass is 10.2. The van der Waals surface area contributed by atoms with Gasteiger partial charge < -0.3 is 10.4 Å².